The van der Waals surface area contributed by atoms with Crippen LogP contribution >= 0.6 is 11.6 Å². The van der Waals surface area contributed by atoms with Gasteiger partial charge in [0.25, 0.3) is 5.78 Å². The van der Waals surface area contributed by atoms with E-state index in [1.54, 1.807) is 6.92 Å². The number of hydrogen-bond donors (Lipinski definition) is 0. The van der Waals surface area contributed by atoms with Gasteiger partial charge in [-0.3, -0.25) is 0 Å². The van der Waals surface area contributed by atoms with Crippen LogP contribution in [0, 0.1) is 19.7 Å². The first-order valence-corrected chi connectivity index (χ1v) is 4.02. The molecule has 0 aliphatic heterocycles. The highest BCUT2D eigenvalue weighted by Gasteiger charge is 2.12. The third kappa shape index (κ3) is 1.16. The summed E-state index contributed by atoms with van der Waals surface area (Å²) in [4.78, 5) is 7.85. The van der Waals surface area contributed by atoms with Crippen LogP contribution in [0.4, 0.5) is 4.39 Å². The molecule has 0 amide bonds. The monoisotopic (exact) mass is 200 g/mol. The van der Waals surface area contributed by atoms with Crippen LogP contribution in [0.15, 0.2) is 0 Å². The number of rotatable bonds is 0. The van der Waals surface area contributed by atoms with E-state index >= 15 is 0 Å². The number of hydrogen-bond acceptors (Lipinski definition) is 3. The van der Waals surface area contributed by atoms with Crippen LogP contribution in [0.25, 0.3) is 5.78 Å². The van der Waals surface area contributed by atoms with Crippen LogP contribution in [0.5, 0.6) is 0 Å². The fourth-order valence-electron chi connectivity index (χ4n) is 1.05. The van der Waals surface area contributed by atoms with Gasteiger partial charge in [-0.1, -0.05) is 11.6 Å². The van der Waals surface area contributed by atoms with Crippen LogP contribution in [0.2, 0.25) is 5.15 Å². The van der Waals surface area contributed by atoms with Crippen molar-refractivity contribution in [2.75, 3.05) is 0 Å². The second-order valence-electron chi connectivity index (χ2n) is 2.67. The van der Waals surface area contributed by atoms with E-state index in [4.69, 9.17) is 11.6 Å². The SMILES string of the molecule is Cc1nc2nc(C)c(F)c(Cl)n2n1. The highest BCUT2D eigenvalue weighted by Crippen LogP contribution is 2.16. The maximum atomic E-state index is 13.2. The molecule has 0 fully saturated rings. The number of aromatic nitrogens is 4. The van der Waals surface area contributed by atoms with E-state index in [-0.39, 0.29) is 10.8 Å². The average Bonchev–Trinajstić information content (AvgIpc) is 2.42. The van der Waals surface area contributed by atoms with E-state index < -0.39 is 5.82 Å². The van der Waals surface area contributed by atoms with Crippen molar-refractivity contribution in [3.8, 4) is 0 Å². The summed E-state index contributed by atoms with van der Waals surface area (Å²) in [5.41, 5.74) is 0.227. The summed E-state index contributed by atoms with van der Waals surface area (Å²) >= 11 is 5.69. The number of halogens is 2. The van der Waals surface area contributed by atoms with E-state index in [2.05, 4.69) is 15.1 Å². The Kier molecular flexibility index (Phi) is 1.69. The molecule has 0 saturated carbocycles. The highest BCUT2D eigenvalue weighted by atomic mass is 35.5. The summed E-state index contributed by atoms with van der Waals surface area (Å²) < 4.78 is 14.4. The second kappa shape index (κ2) is 2.63. The van der Waals surface area contributed by atoms with Crippen LogP contribution in [0.3, 0.4) is 0 Å². The zero-order valence-electron chi connectivity index (χ0n) is 7.04. The molecule has 68 valence electrons. The van der Waals surface area contributed by atoms with Crippen molar-refractivity contribution in [2.45, 2.75) is 13.8 Å². The van der Waals surface area contributed by atoms with Crippen LogP contribution in [0.1, 0.15) is 11.5 Å². The average molecular weight is 201 g/mol. The van der Waals surface area contributed by atoms with Crippen molar-refractivity contribution in [1.29, 1.82) is 0 Å². The summed E-state index contributed by atoms with van der Waals surface area (Å²) in [7, 11) is 0. The Balaban J connectivity index is 2.92. The Hall–Kier alpha value is -1.23. The Morgan fingerprint density at radius 2 is 2.00 bits per heavy atom. The number of fused-ring (bicyclic) bond motifs is 1. The molecule has 2 aromatic heterocycles. The third-order valence-corrected chi connectivity index (χ3v) is 1.97. The minimum atomic E-state index is -0.556. The molecule has 6 heteroatoms. The normalized spacial score (nSPS) is 11.1. The lowest BCUT2D eigenvalue weighted by Gasteiger charge is -1.98. The molecular formula is C7H6ClFN4. The molecular weight excluding hydrogens is 195 g/mol. The summed E-state index contributed by atoms with van der Waals surface area (Å²) in [6.45, 7) is 3.23. The van der Waals surface area contributed by atoms with Crippen LogP contribution in [-0.4, -0.2) is 19.6 Å². The van der Waals surface area contributed by atoms with E-state index in [0.717, 1.165) is 0 Å². The molecule has 4 nitrogen and oxygen atoms in total. The molecule has 2 heterocycles. The van der Waals surface area contributed by atoms with Crippen LogP contribution < -0.4 is 0 Å². The van der Waals surface area contributed by atoms with Crippen molar-refractivity contribution in [3.05, 3.63) is 22.5 Å². The molecule has 0 unspecified atom stereocenters. The van der Waals surface area contributed by atoms with Gasteiger partial charge in [0.2, 0.25) is 0 Å². The zero-order valence-corrected chi connectivity index (χ0v) is 7.80. The summed E-state index contributed by atoms with van der Waals surface area (Å²) in [6.07, 6.45) is 0. The van der Waals surface area contributed by atoms with Gasteiger partial charge in [-0.2, -0.15) is 9.50 Å². The Labute approximate surface area is 78.4 Å². The predicted octanol–water partition coefficient (Wildman–Crippen LogP) is 1.53. The van der Waals surface area contributed by atoms with Gasteiger partial charge in [0.05, 0.1) is 5.69 Å². The maximum Gasteiger partial charge on any atom is 0.254 e. The Morgan fingerprint density at radius 1 is 1.31 bits per heavy atom. The van der Waals surface area contributed by atoms with Crippen LogP contribution in [-0.2, 0) is 0 Å². The fourth-order valence-corrected chi connectivity index (χ4v) is 1.30. The second-order valence-corrected chi connectivity index (χ2v) is 3.03. The molecule has 0 aliphatic carbocycles. The van der Waals surface area contributed by atoms with Crippen molar-refractivity contribution >= 4 is 17.4 Å². The zero-order chi connectivity index (χ0) is 9.59. The molecule has 0 spiro atoms. The lowest BCUT2D eigenvalue weighted by atomic mass is 10.4. The van der Waals surface area contributed by atoms with Gasteiger partial charge >= 0.3 is 0 Å². The molecule has 0 aliphatic rings. The summed E-state index contributed by atoms with van der Waals surface area (Å²) in [5, 5.41) is 3.81. The molecule has 0 radical (unpaired) electrons. The molecule has 2 aromatic rings. The lowest BCUT2D eigenvalue weighted by molar-refractivity contribution is 0.595. The molecule has 0 bridgehead atoms. The quantitative estimate of drug-likeness (QED) is 0.606. The number of aryl methyl sites for hydroxylation is 2. The Bertz CT molecular complexity index is 479. The van der Waals surface area contributed by atoms with E-state index in [9.17, 15) is 4.39 Å². The highest BCUT2D eigenvalue weighted by molar-refractivity contribution is 6.29. The minimum absolute atomic E-state index is 0.0805. The topological polar surface area (TPSA) is 43.1 Å². The van der Waals surface area contributed by atoms with E-state index in [1.165, 1.54) is 11.4 Å². The first kappa shape index (κ1) is 8.37. The molecule has 0 atom stereocenters. The van der Waals surface area contributed by atoms with Gasteiger partial charge in [0, 0.05) is 0 Å². The standard InChI is InChI=1S/C7H6ClFN4/c1-3-5(9)6(8)13-7(10-3)11-4(2)12-13/h1-2H3. The lowest BCUT2D eigenvalue weighted by Crippen LogP contribution is -1.99. The van der Waals surface area contributed by atoms with Gasteiger partial charge in [0.15, 0.2) is 11.0 Å². The van der Waals surface area contributed by atoms with Gasteiger partial charge in [-0.15, -0.1) is 5.10 Å². The fraction of sp³-hybridized carbons (Fsp3) is 0.286. The van der Waals surface area contributed by atoms with Gasteiger partial charge < -0.3 is 0 Å². The largest absolute Gasteiger partial charge is 0.254 e. The predicted molar refractivity (Wildman–Crippen MR) is 45.2 cm³/mol. The van der Waals surface area contributed by atoms with Crippen molar-refractivity contribution in [3.63, 3.8) is 0 Å². The van der Waals surface area contributed by atoms with E-state index in [0.29, 0.717) is 11.6 Å². The first-order chi connectivity index (χ1) is 6.09. The summed E-state index contributed by atoms with van der Waals surface area (Å²) in [5.74, 6) is 0.278. The molecule has 2 rings (SSSR count). The van der Waals surface area contributed by atoms with E-state index in [1.807, 2.05) is 0 Å². The maximum absolute atomic E-state index is 13.2. The summed E-state index contributed by atoms with van der Waals surface area (Å²) in [6, 6.07) is 0. The van der Waals surface area contributed by atoms with Crippen molar-refractivity contribution < 1.29 is 4.39 Å². The van der Waals surface area contributed by atoms with Crippen molar-refractivity contribution in [2.24, 2.45) is 0 Å². The van der Waals surface area contributed by atoms with Gasteiger partial charge in [0.1, 0.15) is 5.82 Å². The minimum Gasteiger partial charge on any atom is -0.213 e. The first-order valence-electron chi connectivity index (χ1n) is 3.64. The number of nitrogens with zero attached hydrogens (tertiary/aromatic N) is 4. The molecule has 0 N–H and O–H groups in total. The molecule has 13 heavy (non-hydrogen) atoms. The third-order valence-electron chi connectivity index (χ3n) is 1.65. The smallest absolute Gasteiger partial charge is 0.213 e. The Morgan fingerprint density at radius 3 is 2.69 bits per heavy atom. The van der Waals surface area contributed by atoms with Crippen molar-refractivity contribution in [1.82, 2.24) is 19.6 Å². The molecule has 0 aromatic carbocycles. The molecule has 0 saturated heterocycles. The van der Waals surface area contributed by atoms with Gasteiger partial charge in [-0.25, -0.2) is 9.37 Å². The van der Waals surface area contributed by atoms with Gasteiger partial charge in [-0.05, 0) is 13.8 Å².